The summed E-state index contributed by atoms with van der Waals surface area (Å²) >= 11 is 0. The highest BCUT2D eigenvalue weighted by atomic mass is 16.5. The number of fused-ring (bicyclic) bond motifs is 1. The van der Waals surface area contributed by atoms with Crippen LogP contribution in [0, 0.1) is 11.3 Å². The summed E-state index contributed by atoms with van der Waals surface area (Å²) in [5, 5.41) is 20.0. The van der Waals surface area contributed by atoms with Gasteiger partial charge in [0.05, 0.1) is 14.2 Å². The fourth-order valence-electron chi connectivity index (χ4n) is 4.25. The van der Waals surface area contributed by atoms with Crippen molar-refractivity contribution in [2.24, 2.45) is 0 Å². The number of aliphatic hydroxyl groups is 1. The molecule has 0 fully saturated rings. The van der Waals surface area contributed by atoms with Crippen molar-refractivity contribution in [3.63, 3.8) is 0 Å². The average Bonchev–Trinajstić information content (AvgIpc) is 3.15. The minimum atomic E-state index is -0.585. The molecule has 8 nitrogen and oxygen atoms in total. The van der Waals surface area contributed by atoms with Crippen molar-refractivity contribution in [3.05, 3.63) is 64.6 Å². The molecule has 1 atom stereocenters. The number of nitriles is 1. The monoisotopic (exact) mass is 477 g/mol. The van der Waals surface area contributed by atoms with Crippen molar-refractivity contribution in [1.29, 1.82) is 5.26 Å². The van der Waals surface area contributed by atoms with Gasteiger partial charge in [0.15, 0.2) is 11.5 Å². The van der Waals surface area contributed by atoms with Crippen molar-refractivity contribution in [3.8, 4) is 17.6 Å². The summed E-state index contributed by atoms with van der Waals surface area (Å²) in [5.41, 5.74) is 2.45. The number of benzene rings is 1. The molecule has 2 aliphatic rings. The molecule has 0 aliphatic carbocycles. The van der Waals surface area contributed by atoms with E-state index in [0.29, 0.717) is 17.9 Å². The molecule has 2 aliphatic heterocycles. The number of aliphatic hydroxyl groups excluding tert-OH is 1. The van der Waals surface area contributed by atoms with E-state index in [4.69, 9.17) is 9.47 Å². The Kier molecular flexibility index (Phi) is 8.02. The standard InChI is InChI=1S/C27H31N3O5/c1-6-7-11-30-26(32)21(18(3)22(15-28)27(30)33)12-19(31)9-8-10-29-16-17(2)20-13-24(34-4)25(35-5)14-23(20)29/h8-10,12-14,17,31H,6-7,11,16H2,1-5H3/b10-8+,19-9-,21-12-. The second-order valence-electron chi connectivity index (χ2n) is 8.54. The number of anilines is 1. The lowest BCUT2D eigenvalue weighted by Crippen LogP contribution is -2.43. The van der Waals surface area contributed by atoms with Crippen LogP contribution >= 0.6 is 0 Å². The highest BCUT2D eigenvalue weighted by molar-refractivity contribution is 6.18. The van der Waals surface area contributed by atoms with E-state index in [1.807, 2.05) is 31.3 Å². The van der Waals surface area contributed by atoms with Gasteiger partial charge >= 0.3 is 0 Å². The third-order valence-corrected chi connectivity index (χ3v) is 6.23. The maximum atomic E-state index is 12.9. The second-order valence-corrected chi connectivity index (χ2v) is 8.54. The number of hydrogen-bond donors (Lipinski definition) is 1. The van der Waals surface area contributed by atoms with E-state index in [1.54, 1.807) is 27.2 Å². The quantitative estimate of drug-likeness (QED) is 0.254. The molecular formula is C27H31N3O5. The molecule has 0 saturated carbocycles. The summed E-state index contributed by atoms with van der Waals surface area (Å²) in [4.78, 5) is 28.6. The summed E-state index contributed by atoms with van der Waals surface area (Å²) in [6.45, 7) is 6.60. The number of nitrogens with zero attached hydrogens (tertiary/aromatic N) is 3. The van der Waals surface area contributed by atoms with Crippen molar-refractivity contribution < 1.29 is 24.2 Å². The number of allylic oxidation sites excluding steroid dienone is 3. The molecule has 1 aromatic rings. The van der Waals surface area contributed by atoms with Crippen molar-refractivity contribution in [2.75, 3.05) is 32.2 Å². The lowest BCUT2D eigenvalue weighted by Gasteiger charge is -2.27. The van der Waals surface area contributed by atoms with Gasteiger partial charge in [-0.05, 0) is 48.8 Å². The summed E-state index contributed by atoms with van der Waals surface area (Å²) in [6, 6.07) is 5.80. The van der Waals surface area contributed by atoms with Crippen LogP contribution in [0.15, 0.2) is 59.0 Å². The predicted molar refractivity (Wildman–Crippen MR) is 133 cm³/mol. The molecular weight excluding hydrogens is 446 g/mol. The molecule has 0 aromatic heterocycles. The molecule has 2 amide bonds. The van der Waals surface area contributed by atoms with Crippen LogP contribution in [0.4, 0.5) is 5.69 Å². The Bertz CT molecular complexity index is 1190. The largest absolute Gasteiger partial charge is 0.508 e. The average molecular weight is 478 g/mol. The van der Waals surface area contributed by atoms with Gasteiger partial charge < -0.3 is 19.5 Å². The molecule has 3 rings (SSSR count). The number of imide groups is 1. The smallest absolute Gasteiger partial charge is 0.271 e. The molecule has 0 spiro atoms. The van der Waals surface area contributed by atoms with Crippen molar-refractivity contribution >= 4 is 17.5 Å². The number of rotatable bonds is 8. The molecule has 0 saturated heterocycles. The van der Waals surface area contributed by atoms with Crippen LogP contribution in [0.25, 0.3) is 0 Å². The van der Waals surface area contributed by atoms with E-state index in [9.17, 15) is 20.0 Å². The van der Waals surface area contributed by atoms with Crippen LogP contribution < -0.4 is 14.4 Å². The summed E-state index contributed by atoms with van der Waals surface area (Å²) in [6.07, 6.45) is 7.73. The van der Waals surface area contributed by atoms with Gasteiger partial charge in [0.2, 0.25) is 0 Å². The van der Waals surface area contributed by atoms with Gasteiger partial charge in [0.25, 0.3) is 11.8 Å². The van der Waals surface area contributed by atoms with E-state index in [2.05, 4.69) is 11.8 Å². The van der Waals surface area contributed by atoms with Crippen LogP contribution in [-0.2, 0) is 9.59 Å². The molecule has 1 N–H and O–H groups in total. The first-order chi connectivity index (χ1) is 16.8. The van der Waals surface area contributed by atoms with Crippen LogP contribution in [0.2, 0.25) is 0 Å². The maximum absolute atomic E-state index is 12.9. The van der Waals surface area contributed by atoms with Crippen LogP contribution in [-0.4, -0.2) is 49.1 Å². The Labute approximate surface area is 206 Å². The number of carbonyl (C=O) groups is 2. The minimum Gasteiger partial charge on any atom is -0.508 e. The Morgan fingerprint density at radius 2 is 1.91 bits per heavy atom. The van der Waals surface area contributed by atoms with Gasteiger partial charge in [-0.2, -0.15) is 5.26 Å². The highest BCUT2D eigenvalue weighted by Gasteiger charge is 2.35. The third-order valence-electron chi connectivity index (χ3n) is 6.23. The van der Waals surface area contributed by atoms with Crippen LogP contribution in [0.5, 0.6) is 11.5 Å². The van der Waals surface area contributed by atoms with Crippen molar-refractivity contribution in [1.82, 2.24) is 4.90 Å². The fraction of sp³-hybridized carbons (Fsp3) is 0.370. The third kappa shape index (κ3) is 5.09. The molecule has 1 aromatic carbocycles. The topological polar surface area (TPSA) is 103 Å². The first kappa shape index (κ1) is 25.6. The van der Waals surface area contributed by atoms with Gasteiger partial charge in [-0.1, -0.05) is 20.3 Å². The normalized spacial score (nSPS) is 19.6. The van der Waals surface area contributed by atoms with Gasteiger partial charge in [0, 0.05) is 42.5 Å². The first-order valence-corrected chi connectivity index (χ1v) is 11.6. The number of unbranched alkanes of at least 4 members (excludes halogenated alkanes) is 1. The van der Waals surface area contributed by atoms with Crippen LogP contribution in [0.1, 0.15) is 45.1 Å². The van der Waals surface area contributed by atoms with Gasteiger partial charge in [-0.15, -0.1) is 0 Å². The zero-order chi connectivity index (χ0) is 25.7. The number of methoxy groups -OCH3 is 2. The number of hydrogen-bond acceptors (Lipinski definition) is 7. The summed E-state index contributed by atoms with van der Waals surface area (Å²) < 4.78 is 10.8. The minimum absolute atomic E-state index is 0.0812. The van der Waals surface area contributed by atoms with E-state index in [-0.39, 0.29) is 34.9 Å². The number of amides is 2. The Balaban J connectivity index is 1.87. The lowest BCUT2D eigenvalue weighted by molar-refractivity contribution is -0.140. The molecule has 2 heterocycles. The summed E-state index contributed by atoms with van der Waals surface area (Å²) in [7, 11) is 3.20. The molecule has 0 radical (unpaired) electrons. The number of carbonyl (C=O) groups excluding carboxylic acids is 2. The Morgan fingerprint density at radius 1 is 1.23 bits per heavy atom. The Hall–Kier alpha value is -3.99. The highest BCUT2D eigenvalue weighted by Crippen LogP contribution is 2.43. The maximum Gasteiger partial charge on any atom is 0.271 e. The second kappa shape index (κ2) is 11.0. The van der Waals surface area contributed by atoms with Gasteiger partial charge in [-0.25, -0.2) is 0 Å². The molecule has 8 heteroatoms. The van der Waals surface area contributed by atoms with Crippen molar-refractivity contribution in [2.45, 2.75) is 39.5 Å². The van der Waals surface area contributed by atoms with E-state index < -0.39 is 11.8 Å². The first-order valence-electron chi connectivity index (χ1n) is 11.6. The molecule has 0 bridgehead atoms. The van der Waals surface area contributed by atoms with Gasteiger partial charge in [-0.3, -0.25) is 14.5 Å². The number of ether oxygens (including phenoxy) is 2. The molecule has 184 valence electrons. The fourth-order valence-corrected chi connectivity index (χ4v) is 4.25. The zero-order valence-electron chi connectivity index (χ0n) is 20.8. The zero-order valence-corrected chi connectivity index (χ0v) is 20.8. The van der Waals surface area contributed by atoms with E-state index in [1.165, 1.54) is 12.2 Å². The molecule has 1 unspecified atom stereocenters. The van der Waals surface area contributed by atoms with Crippen LogP contribution in [0.3, 0.4) is 0 Å². The van der Waals surface area contributed by atoms with Gasteiger partial charge in [0.1, 0.15) is 17.4 Å². The molecule has 35 heavy (non-hydrogen) atoms. The predicted octanol–water partition coefficient (Wildman–Crippen LogP) is 4.52. The summed E-state index contributed by atoms with van der Waals surface area (Å²) in [5.74, 6) is 0.334. The van der Waals surface area contributed by atoms with E-state index >= 15 is 0 Å². The Morgan fingerprint density at radius 3 is 2.54 bits per heavy atom. The SMILES string of the molecule is CCCCN1C(=O)C(C#N)=C(C)/C(=C/C(O)=C/C=C/N2CC(C)c3cc(OC)c(OC)cc32)C1=O. The van der Waals surface area contributed by atoms with E-state index in [0.717, 1.165) is 29.1 Å². The lowest BCUT2D eigenvalue weighted by atomic mass is 9.94.